The van der Waals surface area contributed by atoms with Crippen molar-refractivity contribution in [3.8, 4) is 11.5 Å². The summed E-state index contributed by atoms with van der Waals surface area (Å²) < 4.78 is 10.7. The van der Waals surface area contributed by atoms with Crippen LogP contribution >= 0.6 is 0 Å². The maximum Gasteiger partial charge on any atom is 0.261 e. The predicted molar refractivity (Wildman–Crippen MR) is 70.9 cm³/mol. The molecule has 0 fully saturated rings. The number of benzene rings is 1. The van der Waals surface area contributed by atoms with E-state index in [1.807, 2.05) is 6.92 Å². The molecule has 0 saturated carbocycles. The minimum absolute atomic E-state index is 0.131. The molecular formula is C14H19NO3. The fourth-order valence-electron chi connectivity index (χ4n) is 1.43. The molecule has 0 spiro atoms. The van der Waals surface area contributed by atoms with Gasteiger partial charge in [-0.15, -0.1) is 6.58 Å². The Balaban J connectivity index is 2.60. The third-order valence-corrected chi connectivity index (χ3v) is 2.42. The van der Waals surface area contributed by atoms with Gasteiger partial charge in [0.25, 0.3) is 5.91 Å². The molecule has 0 radical (unpaired) electrons. The Bertz CT molecular complexity index is 387. The zero-order valence-corrected chi connectivity index (χ0v) is 10.8. The molecule has 98 valence electrons. The molecule has 0 saturated heterocycles. The van der Waals surface area contributed by atoms with Crippen LogP contribution in [0.5, 0.6) is 11.5 Å². The summed E-state index contributed by atoms with van der Waals surface area (Å²) >= 11 is 0. The van der Waals surface area contributed by atoms with Crippen LogP contribution in [-0.2, 0) is 4.79 Å². The normalized spacial score (nSPS) is 11.4. The Labute approximate surface area is 108 Å². The maximum atomic E-state index is 11.8. The second kappa shape index (κ2) is 7.37. The lowest BCUT2D eigenvalue weighted by Gasteiger charge is -2.16. The van der Waals surface area contributed by atoms with Gasteiger partial charge in [0.1, 0.15) is 11.5 Å². The molecule has 0 aliphatic carbocycles. The van der Waals surface area contributed by atoms with Gasteiger partial charge in [-0.2, -0.15) is 0 Å². The van der Waals surface area contributed by atoms with Crippen LogP contribution in [0.2, 0.25) is 0 Å². The molecule has 1 aromatic carbocycles. The lowest BCUT2D eigenvalue weighted by molar-refractivity contribution is -0.127. The number of rotatable bonds is 7. The Morgan fingerprint density at radius 1 is 1.39 bits per heavy atom. The summed E-state index contributed by atoms with van der Waals surface area (Å²) in [4.78, 5) is 11.8. The Morgan fingerprint density at radius 2 is 2.00 bits per heavy atom. The zero-order valence-electron chi connectivity index (χ0n) is 10.8. The van der Waals surface area contributed by atoms with E-state index in [1.165, 1.54) is 0 Å². The van der Waals surface area contributed by atoms with Crippen LogP contribution in [0.15, 0.2) is 36.9 Å². The SMILES string of the molecule is C=CCNC(=O)[C@H](CC)Oc1ccc(OC)cc1. The average molecular weight is 249 g/mol. The first-order chi connectivity index (χ1) is 8.71. The van der Waals surface area contributed by atoms with Crippen molar-refractivity contribution in [2.45, 2.75) is 19.4 Å². The number of carbonyl (C=O) groups excluding carboxylic acids is 1. The summed E-state index contributed by atoms with van der Waals surface area (Å²) in [6, 6.07) is 7.15. The minimum Gasteiger partial charge on any atom is -0.497 e. The first kappa shape index (κ1) is 14.1. The summed E-state index contributed by atoms with van der Waals surface area (Å²) in [5, 5.41) is 2.72. The first-order valence-corrected chi connectivity index (χ1v) is 5.90. The van der Waals surface area contributed by atoms with E-state index in [1.54, 1.807) is 37.5 Å². The van der Waals surface area contributed by atoms with E-state index in [-0.39, 0.29) is 5.91 Å². The highest BCUT2D eigenvalue weighted by Gasteiger charge is 2.17. The minimum atomic E-state index is -0.488. The van der Waals surface area contributed by atoms with Gasteiger partial charge in [0.15, 0.2) is 6.10 Å². The number of nitrogens with one attached hydrogen (secondary N) is 1. The molecule has 0 bridgehead atoms. The van der Waals surface area contributed by atoms with E-state index in [0.29, 0.717) is 18.7 Å². The molecular weight excluding hydrogens is 230 g/mol. The van der Waals surface area contributed by atoms with E-state index >= 15 is 0 Å². The lowest BCUT2D eigenvalue weighted by Crippen LogP contribution is -2.37. The Morgan fingerprint density at radius 3 is 2.50 bits per heavy atom. The van der Waals surface area contributed by atoms with Gasteiger partial charge in [0, 0.05) is 6.54 Å². The molecule has 0 aromatic heterocycles. The average Bonchev–Trinajstić information content (AvgIpc) is 2.42. The monoisotopic (exact) mass is 249 g/mol. The van der Waals surface area contributed by atoms with Crippen LogP contribution in [-0.4, -0.2) is 25.7 Å². The molecule has 1 N–H and O–H groups in total. The summed E-state index contributed by atoms with van der Waals surface area (Å²) in [5.74, 6) is 1.27. The molecule has 18 heavy (non-hydrogen) atoms. The van der Waals surface area contributed by atoms with Gasteiger partial charge in [-0.05, 0) is 30.7 Å². The molecule has 1 rings (SSSR count). The van der Waals surface area contributed by atoms with Crippen molar-refractivity contribution >= 4 is 5.91 Å². The molecule has 0 heterocycles. The van der Waals surface area contributed by atoms with Gasteiger partial charge in [0.2, 0.25) is 0 Å². The Kier molecular flexibility index (Phi) is 5.77. The van der Waals surface area contributed by atoms with Crippen LogP contribution in [0.3, 0.4) is 0 Å². The first-order valence-electron chi connectivity index (χ1n) is 5.90. The van der Waals surface area contributed by atoms with E-state index in [2.05, 4.69) is 11.9 Å². The van der Waals surface area contributed by atoms with Crippen LogP contribution in [0.1, 0.15) is 13.3 Å². The van der Waals surface area contributed by atoms with E-state index in [0.717, 1.165) is 5.75 Å². The summed E-state index contributed by atoms with van der Waals surface area (Å²) in [7, 11) is 1.60. The van der Waals surface area contributed by atoms with Gasteiger partial charge in [0.05, 0.1) is 7.11 Å². The molecule has 4 nitrogen and oxygen atoms in total. The van der Waals surface area contributed by atoms with Gasteiger partial charge >= 0.3 is 0 Å². The van der Waals surface area contributed by atoms with Crippen molar-refractivity contribution in [1.29, 1.82) is 0 Å². The van der Waals surface area contributed by atoms with Gasteiger partial charge in [-0.3, -0.25) is 4.79 Å². The predicted octanol–water partition coefficient (Wildman–Crippen LogP) is 2.15. The summed E-state index contributed by atoms with van der Waals surface area (Å²) in [6.07, 6.45) is 1.76. The zero-order chi connectivity index (χ0) is 13.4. The topological polar surface area (TPSA) is 47.6 Å². The largest absolute Gasteiger partial charge is 0.497 e. The third-order valence-electron chi connectivity index (χ3n) is 2.42. The quantitative estimate of drug-likeness (QED) is 0.753. The van der Waals surface area contributed by atoms with E-state index < -0.39 is 6.10 Å². The molecule has 0 unspecified atom stereocenters. The second-order valence-electron chi connectivity index (χ2n) is 3.72. The highest BCUT2D eigenvalue weighted by Crippen LogP contribution is 2.18. The van der Waals surface area contributed by atoms with Gasteiger partial charge in [-0.1, -0.05) is 13.0 Å². The number of carbonyl (C=O) groups is 1. The Hall–Kier alpha value is -1.97. The maximum absolute atomic E-state index is 11.8. The third kappa shape index (κ3) is 4.13. The summed E-state index contributed by atoms with van der Waals surface area (Å²) in [6.45, 7) is 5.90. The lowest BCUT2D eigenvalue weighted by atomic mass is 10.2. The van der Waals surface area contributed by atoms with Gasteiger partial charge < -0.3 is 14.8 Å². The standard InChI is InChI=1S/C14H19NO3/c1-4-10-15-14(16)13(5-2)18-12-8-6-11(17-3)7-9-12/h4,6-9,13H,1,5,10H2,2-3H3,(H,15,16)/t13-/m0/s1. The van der Waals surface area contributed by atoms with Crippen LogP contribution in [0.25, 0.3) is 0 Å². The fourth-order valence-corrected chi connectivity index (χ4v) is 1.43. The molecule has 1 aromatic rings. The van der Waals surface area contributed by atoms with E-state index in [9.17, 15) is 4.79 Å². The van der Waals surface area contributed by atoms with E-state index in [4.69, 9.17) is 9.47 Å². The van der Waals surface area contributed by atoms with Gasteiger partial charge in [-0.25, -0.2) is 0 Å². The van der Waals surface area contributed by atoms with Crippen LogP contribution in [0.4, 0.5) is 0 Å². The van der Waals surface area contributed by atoms with Crippen molar-refractivity contribution < 1.29 is 14.3 Å². The number of ether oxygens (including phenoxy) is 2. The highest BCUT2D eigenvalue weighted by atomic mass is 16.5. The number of amides is 1. The number of hydrogen-bond acceptors (Lipinski definition) is 3. The van der Waals surface area contributed by atoms with Crippen molar-refractivity contribution in [2.75, 3.05) is 13.7 Å². The summed E-state index contributed by atoms with van der Waals surface area (Å²) in [5.41, 5.74) is 0. The molecule has 0 aliphatic rings. The second-order valence-corrected chi connectivity index (χ2v) is 3.72. The number of methoxy groups -OCH3 is 1. The van der Waals surface area contributed by atoms with Crippen LogP contribution in [0, 0.1) is 0 Å². The smallest absolute Gasteiger partial charge is 0.261 e. The molecule has 0 aliphatic heterocycles. The van der Waals surface area contributed by atoms with Crippen LogP contribution < -0.4 is 14.8 Å². The van der Waals surface area contributed by atoms with Crippen molar-refractivity contribution in [2.24, 2.45) is 0 Å². The van der Waals surface area contributed by atoms with Crippen molar-refractivity contribution in [1.82, 2.24) is 5.32 Å². The fraction of sp³-hybridized carbons (Fsp3) is 0.357. The molecule has 4 heteroatoms. The van der Waals surface area contributed by atoms with Crippen molar-refractivity contribution in [3.05, 3.63) is 36.9 Å². The molecule has 1 amide bonds. The highest BCUT2D eigenvalue weighted by molar-refractivity contribution is 5.81. The molecule has 1 atom stereocenters. The number of hydrogen-bond donors (Lipinski definition) is 1. The van der Waals surface area contributed by atoms with Crippen molar-refractivity contribution in [3.63, 3.8) is 0 Å².